The second-order valence-electron chi connectivity index (χ2n) is 6.78. The molecule has 4 aromatic rings. The first-order valence-corrected chi connectivity index (χ1v) is 10.1. The Bertz CT molecular complexity index is 1330. The summed E-state index contributed by atoms with van der Waals surface area (Å²) in [6.07, 6.45) is -0.264. The van der Waals surface area contributed by atoms with E-state index in [9.17, 15) is 13.9 Å². The molecule has 0 unspecified atom stereocenters. The number of aliphatic hydroxyl groups is 1. The van der Waals surface area contributed by atoms with Crippen LogP contribution in [0.25, 0.3) is 16.6 Å². The highest BCUT2D eigenvalue weighted by Crippen LogP contribution is 2.32. The van der Waals surface area contributed by atoms with E-state index in [0.29, 0.717) is 33.8 Å². The molecule has 0 saturated carbocycles. The topological polar surface area (TPSA) is 125 Å². The van der Waals surface area contributed by atoms with Gasteiger partial charge in [0.1, 0.15) is 35.6 Å². The van der Waals surface area contributed by atoms with Gasteiger partial charge in [-0.25, -0.2) is 28.4 Å². The number of nitriles is 1. The van der Waals surface area contributed by atoms with Crippen LogP contribution in [-0.4, -0.2) is 48.9 Å². The molecule has 0 saturated heterocycles. The predicted molar refractivity (Wildman–Crippen MR) is 119 cm³/mol. The van der Waals surface area contributed by atoms with Gasteiger partial charge in [0.25, 0.3) is 6.43 Å². The van der Waals surface area contributed by atoms with Crippen LogP contribution in [0, 0.1) is 11.3 Å². The first-order valence-electron chi connectivity index (χ1n) is 9.38. The second kappa shape index (κ2) is 9.50. The van der Waals surface area contributed by atoms with E-state index in [4.69, 9.17) is 28.5 Å². The zero-order valence-electron chi connectivity index (χ0n) is 16.5. The summed E-state index contributed by atoms with van der Waals surface area (Å²) >= 11 is 12.7. The number of pyridine rings is 1. The lowest BCUT2D eigenvalue weighted by Crippen LogP contribution is -2.27. The Balaban J connectivity index is 1.62. The lowest BCUT2D eigenvalue weighted by molar-refractivity contribution is 0.00381. The Morgan fingerprint density at radius 2 is 1.73 bits per heavy atom. The molecular weight excluding hydrogens is 477 g/mol. The van der Waals surface area contributed by atoms with E-state index in [1.54, 1.807) is 18.5 Å². The minimum absolute atomic E-state index is 0.245. The van der Waals surface area contributed by atoms with Crippen LogP contribution in [0.5, 0.6) is 0 Å². The van der Waals surface area contributed by atoms with Gasteiger partial charge < -0.3 is 15.7 Å². The summed E-state index contributed by atoms with van der Waals surface area (Å²) < 4.78 is 26.5. The highest BCUT2D eigenvalue weighted by atomic mass is 35.5. The molecule has 1 atom stereocenters. The van der Waals surface area contributed by atoms with Crippen LogP contribution >= 0.6 is 23.2 Å². The summed E-state index contributed by atoms with van der Waals surface area (Å²) in [5.74, 6) is 0.989. The summed E-state index contributed by atoms with van der Waals surface area (Å²) in [5.41, 5.74) is 1.37. The Labute approximate surface area is 195 Å². The normalized spacial score (nSPS) is 12.0. The van der Waals surface area contributed by atoms with Gasteiger partial charge in [-0.15, -0.1) is 0 Å². The smallest absolute Gasteiger partial charge is 0.265 e. The number of hydrogen-bond donors (Lipinski definition) is 3. The fourth-order valence-electron chi connectivity index (χ4n) is 2.95. The number of nitrogens with one attached hydrogen (secondary N) is 2. The van der Waals surface area contributed by atoms with E-state index in [1.807, 2.05) is 6.07 Å². The molecule has 0 bridgehead atoms. The van der Waals surface area contributed by atoms with Gasteiger partial charge in [0.05, 0.1) is 33.4 Å². The largest absolute Gasteiger partial charge is 0.385 e. The number of alkyl halides is 2. The molecule has 1 aromatic carbocycles. The number of benzene rings is 1. The number of anilines is 3. The van der Waals surface area contributed by atoms with Crippen LogP contribution in [-0.2, 0) is 0 Å². The summed E-state index contributed by atoms with van der Waals surface area (Å²) in [7, 11) is 0. The second-order valence-corrected chi connectivity index (χ2v) is 7.60. The monoisotopic (exact) mass is 490 g/mol. The Morgan fingerprint density at radius 3 is 2.42 bits per heavy atom. The third-order valence-corrected chi connectivity index (χ3v) is 5.09. The quantitative estimate of drug-likeness (QED) is 0.352. The molecule has 9 nitrogen and oxygen atoms in total. The van der Waals surface area contributed by atoms with Crippen molar-refractivity contribution in [1.82, 2.24) is 24.7 Å². The summed E-state index contributed by atoms with van der Waals surface area (Å²) in [4.78, 5) is 12.3. The Kier molecular flexibility index (Phi) is 6.50. The van der Waals surface area contributed by atoms with Crippen LogP contribution in [0.1, 0.15) is 5.56 Å². The molecular formula is C20H14Cl2F2N8O. The average molecular weight is 491 g/mol. The van der Waals surface area contributed by atoms with Gasteiger partial charge in [-0.2, -0.15) is 10.4 Å². The standard InChI is InChI=1S/C20H14Cl2F2N8O/c21-12-1-10(5-25)2-13(22)19(12)32-14-3-17(26-6-11(14)7-30-32)31-18-4-16(28-9-29-18)27-8-15(33)20(23)24/h1-4,6-7,9,15,20,33H,8H2,(H2,26,27,28,29,31)/t15-/m0/s1. The van der Waals surface area contributed by atoms with Crippen molar-refractivity contribution in [2.45, 2.75) is 12.5 Å². The van der Waals surface area contributed by atoms with E-state index in [1.165, 1.54) is 29.2 Å². The molecule has 3 heterocycles. The van der Waals surface area contributed by atoms with E-state index >= 15 is 0 Å². The molecule has 4 rings (SSSR count). The van der Waals surface area contributed by atoms with Gasteiger partial charge >= 0.3 is 0 Å². The Morgan fingerprint density at radius 1 is 1.03 bits per heavy atom. The van der Waals surface area contributed by atoms with Crippen LogP contribution in [0.4, 0.5) is 26.2 Å². The van der Waals surface area contributed by atoms with Gasteiger partial charge in [0.2, 0.25) is 0 Å². The zero-order valence-corrected chi connectivity index (χ0v) is 18.1. The molecule has 3 N–H and O–H groups in total. The summed E-state index contributed by atoms with van der Waals surface area (Å²) in [6, 6.07) is 8.17. The molecule has 0 aliphatic carbocycles. The van der Waals surface area contributed by atoms with Crippen molar-refractivity contribution in [2.75, 3.05) is 17.2 Å². The fourth-order valence-corrected chi connectivity index (χ4v) is 3.60. The molecule has 33 heavy (non-hydrogen) atoms. The van der Waals surface area contributed by atoms with Gasteiger partial charge in [0.15, 0.2) is 0 Å². The maximum Gasteiger partial charge on any atom is 0.265 e. The van der Waals surface area contributed by atoms with E-state index in [0.717, 1.165) is 0 Å². The number of hydrogen-bond acceptors (Lipinski definition) is 8. The van der Waals surface area contributed by atoms with Crippen LogP contribution in [0.3, 0.4) is 0 Å². The van der Waals surface area contributed by atoms with Crippen molar-refractivity contribution in [3.8, 4) is 11.8 Å². The first-order chi connectivity index (χ1) is 15.9. The van der Waals surface area contributed by atoms with Crippen molar-refractivity contribution in [2.24, 2.45) is 0 Å². The number of halogens is 4. The fraction of sp³-hybridized carbons (Fsp3) is 0.150. The highest BCUT2D eigenvalue weighted by molar-refractivity contribution is 6.38. The van der Waals surface area contributed by atoms with Crippen molar-refractivity contribution < 1.29 is 13.9 Å². The van der Waals surface area contributed by atoms with Crippen LogP contribution < -0.4 is 10.6 Å². The maximum absolute atomic E-state index is 12.5. The van der Waals surface area contributed by atoms with E-state index < -0.39 is 12.5 Å². The molecule has 0 aliphatic rings. The predicted octanol–water partition coefficient (Wildman–Crippen LogP) is 4.17. The number of nitrogens with zero attached hydrogens (tertiary/aromatic N) is 6. The number of aliphatic hydroxyl groups excluding tert-OH is 1. The number of rotatable bonds is 7. The molecule has 168 valence electrons. The zero-order chi connectivity index (χ0) is 23.5. The molecule has 13 heteroatoms. The number of fused-ring (bicyclic) bond motifs is 1. The van der Waals surface area contributed by atoms with Crippen molar-refractivity contribution >= 4 is 51.6 Å². The maximum atomic E-state index is 12.5. The average Bonchev–Trinajstić information content (AvgIpc) is 3.20. The minimum atomic E-state index is -2.86. The van der Waals surface area contributed by atoms with E-state index in [-0.39, 0.29) is 22.4 Å². The summed E-state index contributed by atoms with van der Waals surface area (Å²) in [6.45, 7) is -0.371. The van der Waals surface area contributed by atoms with Crippen molar-refractivity contribution in [3.05, 3.63) is 58.6 Å². The van der Waals surface area contributed by atoms with Gasteiger partial charge in [-0.3, -0.25) is 0 Å². The molecule has 0 fully saturated rings. The minimum Gasteiger partial charge on any atom is -0.385 e. The van der Waals surface area contributed by atoms with Crippen LogP contribution in [0.2, 0.25) is 10.0 Å². The molecule has 0 aliphatic heterocycles. The first kappa shape index (κ1) is 22.6. The van der Waals surface area contributed by atoms with Crippen LogP contribution in [0.15, 0.2) is 43.0 Å². The molecule has 0 spiro atoms. The third kappa shape index (κ3) is 4.93. The Hall–Kier alpha value is -3.59. The third-order valence-electron chi connectivity index (χ3n) is 4.52. The highest BCUT2D eigenvalue weighted by Gasteiger charge is 2.17. The molecule has 0 radical (unpaired) electrons. The van der Waals surface area contributed by atoms with Crippen molar-refractivity contribution in [3.63, 3.8) is 0 Å². The van der Waals surface area contributed by atoms with Gasteiger partial charge in [-0.1, -0.05) is 23.2 Å². The van der Waals surface area contributed by atoms with E-state index in [2.05, 4.69) is 30.7 Å². The van der Waals surface area contributed by atoms with Crippen molar-refractivity contribution in [1.29, 1.82) is 5.26 Å². The van der Waals surface area contributed by atoms with Gasteiger partial charge in [0, 0.05) is 30.3 Å². The number of aromatic nitrogens is 5. The lowest BCUT2D eigenvalue weighted by atomic mass is 10.2. The molecule has 0 amide bonds. The SMILES string of the molecule is N#Cc1cc(Cl)c(-n2ncc3cnc(Nc4cc(NC[C@H](O)C(F)F)ncn4)cc32)c(Cl)c1. The van der Waals surface area contributed by atoms with Gasteiger partial charge in [-0.05, 0) is 12.1 Å². The summed E-state index contributed by atoms with van der Waals surface area (Å²) in [5, 5.41) is 29.5. The molecule has 3 aromatic heterocycles. The lowest BCUT2D eigenvalue weighted by Gasteiger charge is -2.12.